The van der Waals surface area contributed by atoms with Gasteiger partial charge in [-0.25, -0.2) is 17.2 Å². The third-order valence-electron chi connectivity index (χ3n) is 3.72. The number of benzene rings is 2. The van der Waals surface area contributed by atoms with E-state index in [0.29, 0.717) is 16.5 Å². The fourth-order valence-electron chi connectivity index (χ4n) is 2.75. The number of hydrogen-bond donors (Lipinski definition) is 2. The van der Waals surface area contributed by atoms with Crippen LogP contribution in [0.25, 0.3) is 22.0 Å². The van der Waals surface area contributed by atoms with E-state index in [1.807, 2.05) is 0 Å². The predicted molar refractivity (Wildman–Crippen MR) is 88.3 cm³/mol. The molecule has 0 saturated heterocycles. The molecule has 0 aliphatic heterocycles. The first-order chi connectivity index (χ1) is 11.3. The van der Waals surface area contributed by atoms with Crippen LogP contribution >= 0.6 is 0 Å². The number of sulfone groups is 1. The summed E-state index contributed by atoms with van der Waals surface area (Å²) in [4.78, 5) is 2.83. The van der Waals surface area contributed by atoms with E-state index in [1.165, 1.54) is 0 Å². The molecule has 1 atom stereocenters. The lowest BCUT2D eigenvalue weighted by atomic mass is 10.00. The van der Waals surface area contributed by atoms with Crippen LogP contribution in [0.5, 0.6) is 0 Å². The van der Waals surface area contributed by atoms with E-state index >= 15 is 0 Å². The smallest absolute Gasteiger partial charge is 0.160 e. The summed E-state index contributed by atoms with van der Waals surface area (Å²) in [6.07, 6.45) is -0.325. The summed E-state index contributed by atoms with van der Waals surface area (Å²) in [5.74, 6) is -2.53. The van der Waals surface area contributed by atoms with Crippen molar-refractivity contribution in [2.24, 2.45) is 0 Å². The molecule has 2 aromatic carbocycles. The molecule has 3 aromatic rings. The molecule has 0 saturated carbocycles. The van der Waals surface area contributed by atoms with E-state index in [-0.39, 0.29) is 11.2 Å². The van der Waals surface area contributed by atoms with Crippen LogP contribution in [0, 0.1) is 11.6 Å². The highest BCUT2D eigenvalue weighted by molar-refractivity contribution is 7.90. The molecular weight excluding hydrogens is 336 g/mol. The van der Waals surface area contributed by atoms with Gasteiger partial charge in [-0.1, -0.05) is 30.3 Å². The van der Waals surface area contributed by atoms with Gasteiger partial charge in [0.25, 0.3) is 0 Å². The summed E-state index contributed by atoms with van der Waals surface area (Å²) in [6, 6.07) is 10.9. The summed E-state index contributed by atoms with van der Waals surface area (Å²) >= 11 is 0. The Kier molecular flexibility index (Phi) is 4.15. The maximum Gasteiger partial charge on any atom is 0.160 e. The molecule has 1 unspecified atom stereocenters. The van der Waals surface area contributed by atoms with Crippen molar-refractivity contribution >= 4 is 20.7 Å². The average Bonchev–Trinajstić information content (AvgIpc) is 2.85. The molecule has 0 amide bonds. The largest absolute Gasteiger partial charge is 0.386 e. The first-order valence-corrected chi connectivity index (χ1v) is 9.24. The summed E-state index contributed by atoms with van der Waals surface area (Å²) in [5.41, 5.74) is 1.62. The van der Waals surface area contributed by atoms with Crippen LogP contribution in [0.4, 0.5) is 8.78 Å². The topological polar surface area (TPSA) is 70.2 Å². The fourth-order valence-corrected chi connectivity index (χ4v) is 3.49. The zero-order valence-corrected chi connectivity index (χ0v) is 13.6. The number of aliphatic hydroxyl groups is 1. The lowest BCUT2D eigenvalue weighted by Gasteiger charge is -2.11. The van der Waals surface area contributed by atoms with Crippen molar-refractivity contribution in [3.8, 4) is 11.1 Å². The Labute approximate surface area is 137 Å². The van der Waals surface area contributed by atoms with Gasteiger partial charge in [-0.05, 0) is 11.6 Å². The second-order valence-electron chi connectivity index (χ2n) is 5.70. The van der Waals surface area contributed by atoms with E-state index < -0.39 is 33.3 Å². The molecule has 0 aliphatic carbocycles. The monoisotopic (exact) mass is 351 g/mol. The van der Waals surface area contributed by atoms with Gasteiger partial charge in [0.15, 0.2) is 11.6 Å². The van der Waals surface area contributed by atoms with E-state index in [1.54, 1.807) is 30.3 Å². The summed E-state index contributed by atoms with van der Waals surface area (Å²) < 4.78 is 50.2. The number of fused-ring (bicyclic) bond motifs is 1. The van der Waals surface area contributed by atoms with E-state index in [9.17, 15) is 22.3 Å². The molecule has 0 fully saturated rings. The number of aliphatic hydroxyl groups excluding tert-OH is 1. The van der Waals surface area contributed by atoms with Crippen LogP contribution in [0.1, 0.15) is 11.8 Å². The summed E-state index contributed by atoms with van der Waals surface area (Å²) in [5, 5.41) is 10.7. The molecule has 126 valence electrons. The van der Waals surface area contributed by atoms with Crippen molar-refractivity contribution in [1.29, 1.82) is 0 Å². The first kappa shape index (κ1) is 16.6. The Hall–Kier alpha value is -2.25. The normalized spacial score (nSPS) is 13.3. The Bertz CT molecular complexity index is 998. The van der Waals surface area contributed by atoms with Gasteiger partial charge in [0.05, 0.1) is 11.4 Å². The Morgan fingerprint density at radius 1 is 1.12 bits per heavy atom. The predicted octanol–water partition coefficient (Wildman–Crippen LogP) is 3.19. The van der Waals surface area contributed by atoms with Gasteiger partial charge in [-0.3, -0.25) is 0 Å². The van der Waals surface area contributed by atoms with Crippen molar-refractivity contribution in [3.05, 3.63) is 59.8 Å². The SMILES string of the molecule is CS(=O)(=O)CC(O)c1[nH]c2cc(F)c(F)cc2c1-c1ccccc1. The second kappa shape index (κ2) is 5.99. The lowest BCUT2D eigenvalue weighted by Crippen LogP contribution is -2.13. The number of halogens is 2. The molecule has 0 spiro atoms. The van der Waals surface area contributed by atoms with Crippen LogP contribution in [0.2, 0.25) is 0 Å². The molecule has 2 N–H and O–H groups in total. The molecule has 1 heterocycles. The maximum absolute atomic E-state index is 13.7. The van der Waals surface area contributed by atoms with Crippen LogP contribution in [0.3, 0.4) is 0 Å². The number of hydrogen-bond acceptors (Lipinski definition) is 3. The van der Waals surface area contributed by atoms with Gasteiger partial charge in [0, 0.05) is 28.8 Å². The van der Waals surface area contributed by atoms with Gasteiger partial charge >= 0.3 is 0 Å². The van der Waals surface area contributed by atoms with Gasteiger partial charge in [-0.2, -0.15) is 0 Å². The first-order valence-electron chi connectivity index (χ1n) is 7.18. The van der Waals surface area contributed by atoms with Gasteiger partial charge < -0.3 is 10.1 Å². The zero-order valence-electron chi connectivity index (χ0n) is 12.8. The minimum atomic E-state index is -3.44. The lowest BCUT2D eigenvalue weighted by molar-refractivity contribution is 0.198. The summed E-state index contributed by atoms with van der Waals surface area (Å²) in [7, 11) is -3.44. The number of H-pyrrole nitrogens is 1. The third kappa shape index (κ3) is 3.18. The van der Waals surface area contributed by atoms with Gasteiger partial charge in [0.1, 0.15) is 15.9 Å². The number of nitrogens with one attached hydrogen (secondary N) is 1. The van der Waals surface area contributed by atoms with E-state index in [0.717, 1.165) is 18.4 Å². The van der Waals surface area contributed by atoms with Crippen molar-refractivity contribution in [2.45, 2.75) is 6.10 Å². The highest BCUT2D eigenvalue weighted by Crippen LogP contribution is 2.36. The van der Waals surface area contributed by atoms with Crippen molar-refractivity contribution in [2.75, 3.05) is 12.0 Å². The van der Waals surface area contributed by atoms with Crippen LogP contribution in [-0.4, -0.2) is 30.5 Å². The van der Waals surface area contributed by atoms with Crippen molar-refractivity contribution < 1.29 is 22.3 Å². The van der Waals surface area contributed by atoms with Crippen molar-refractivity contribution in [3.63, 3.8) is 0 Å². The zero-order chi connectivity index (χ0) is 17.5. The summed E-state index contributed by atoms with van der Waals surface area (Å²) in [6.45, 7) is 0. The van der Waals surface area contributed by atoms with Gasteiger partial charge in [-0.15, -0.1) is 0 Å². The molecular formula is C17H15F2NO3S. The number of rotatable bonds is 4. The molecule has 1 aromatic heterocycles. The van der Waals surface area contributed by atoms with Crippen LogP contribution in [-0.2, 0) is 9.84 Å². The molecule has 0 bridgehead atoms. The highest BCUT2D eigenvalue weighted by atomic mass is 32.2. The Balaban J connectivity index is 2.28. The molecule has 7 heteroatoms. The van der Waals surface area contributed by atoms with Gasteiger partial charge in [0.2, 0.25) is 0 Å². The van der Waals surface area contributed by atoms with Crippen LogP contribution < -0.4 is 0 Å². The Morgan fingerprint density at radius 2 is 1.75 bits per heavy atom. The van der Waals surface area contributed by atoms with Crippen molar-refractivity contribution in [1.82, 2.24) is 4.98 Å². The maximum atomic E-state index is 13.7. The molecule has 3 rings (SSSR count). The minimum Gasteiger partial charge on any atom is -0.386 e. The fraction of sp³-hybridized carbons (Fsp3) is 0.176. The highest BCUT2D eigenvalue weighted by Gasteiger charge is 2.23. The number of aromatic amines is 1. The quantitative estimate of drug-likeness (QED) is 0.758. The van der Waals surface area contributed by atoms with Crippen LogP contribution in [0.15, 0.2) is 42.5 Å². The average molecular weight is 351 g/mol. The minimum absolute atomic E-state index is 0.214. The van der Waals surface area contributed by atoms with E-state index in [2.05, 4.69) is 4.98 Å². The second-order valence-corrected chi connectivity index (χ2v) is 7.88. The Morgan fingerprint density at radius 3 is 2.38 bits per heavy atom. The molecule has 0 aliphatic rings. The standard InChI is InChI=1S/C17H15F2NO3S/c1-24(22,23)9-15(21)17-16(10-5-3-2-4-6-10)11-7-12(18)13(19)8-14(11)20-17/h2-8,15,20-21H,9H2,1H3. The van der Waals surface area contributed by atoms with E-state index in [4.69, 9.17) is 0 Å². The molecule has 24 heavy (non-hydrogen) atoms. The molecule has 4 nitrogen and oxygen atoms in total. The molecule has 0 radical (unpaired) electrons. The third-order valence-corrected chi connectivity index (χ3v) is 4.65. The number of aromatic nitrogens is 1.